The van der Waals surface area contributed by atoms with Crippen LogP contribution in [0.3, 0.4) is 0 Å². The van der Waals surface area contributed by atoms with Crippen molar-refractivity contribution in [1.29, 1.82) is 0 Å². The number of carbonyl (C=O) groups is 5. The Bertz CT molecular complexity index is 1870. The molecule has 3 aromatic rings. The molecule has 54 heavy (non-hydrogen) atoms. The molecule has 1 atom stereocenters. The Labute approximate surface area is 325 Å². The molecular formula is C43H55ClN4O6. The van der Waals surface area contributed by atoms with Gasteiger partial charge in [-0.05, 0) is 65.5 Å². The monoisotopic (exact) mass is 758 g/mol. The number of benzene rings is 3. The van der Waals surface area contributed by atoms with Crippen LogP contribution in [-0.2, 0) is 36.6 Å². The van der Waals surface area contributed by atoms with Crippen LogP contribution in [0.4, 0.5) is 16.2 Å². The maximum absolute atomic E-state index is 13.9. The Morgan fingerprint density at radius 1 is 0.852 bits per heavy atom. The second kappa shape index (κ2) is 17.2. The number of Topliss-reactive ketones (excluding diaryl/α,β-unsaturated/α-hetero) is 1. The summed E-state index contributed by atoms with van der Waals surface area (Å²) in [5.41, 5.74) is 2.58. The smallest absolute Gasteiger partial charge is 0.328 e. The highest BCUT2D eigenvalue weighted by atomic mass is 35.5. The van der Waals surface area contributed by atoms with Gasteiger partial charge in [-0.15, -0.1) is 0 Å². The third-order valence-corrected chi connectivity index (χ3v) is 10.7. The van der Waals surface area contributed by atoms with E-state index in [9.17, 15) is 24.0 Å². The maximum Gasteiger partial charge on any atom is 0.328 e. The van der Waals surface area contributed by atoms with Crippen LogP contribution in [0, 0.1) is 5.41 Å². The van der Waals surface area contributed by atoms with Crippen molar-refractivity contribution in [2.45, 2.75) is 111 Å². The van der Waals surface area contributed by atoms with Gasteiger partial charge in [0.25, 0.3) is 11.8 Å². The lowest BCUT2D eigenvalue weighted by atomic mass is 9.76. The first-order valence-corrected chi connectivity index (χ1v) is 19.0. The molecule has 2 N–H and O–H groups in total. The van der Waals surface area contributed by atoms with E-state index in [0.29, 0.717) is 18.7 Å². The summed E-state index contributed by atoms with van der Waals surface area (Å²) in [4.78, 5) is 69.3. The van der Waals surface area contributed by atoms with E-state index in [2.05, 4.69) is 64.3 Å². The number of ketones is 1. The van der Waals surface area contributed by atoms with E-state index in [-0.39, 0.29) is 47.0 Å². The zero-order chi connectivity index (χ0) is 40.0. The number of ether oxygens (including phenoxy) is 1. The van der Waals surface area contributed by atoms with Gasteiger partial charge < -0.3 is 20.3 Å². The van der Waals surface area contributed by atoms with Crippen LogP contribution in [0.1, 0.15) is 105 Å². The van der Waals surface area contributed by atoms with Crippen LogP contribution in [0.2, 0.25) is 5.02 Å². The molecule has 0 unspecified atom stereocenters. The number of nitrogens with one attached hydrogen (secondary N) is 2. The molecule has 4 rings (SSSR count). The van der Waals surface area contributed by atoms with E-state index in [1.54, 1.807) is 26.8 Å². The first-order valence-electron chi connectivity index (χ1n) is 18.7. The van der Waals surface area contributed by atoms with E-state index in [1.807, 2.05) is 36.4 Å². The standard InChI is InChI=1S/C43H55ClN4O6/c1-10-42(6,7)29-19-22-34(31(24-29)43(8,9)11-2)54-23-15-18-35(49)45-30-20-21-32(44)33(25-30)46-39(52)37(38(51)41(3,4)5)48-36(50)27-47(40(48)53)26-28-16-13-12-14-17-28/h12-14,16-17,19-22,24-25,37H,10-11,15,18,23,26-27H2,1-9H3,(H,45,49)(H,46,52)/t37-/m1/s1. The molecule has 1 saturated heterocycles. The zero-order valence-corrected chi connectivity index (χ0v) is 33.9. The lowest BCUT2D eigenvalue weighted by Gasteiger charge is -2.30. The average Bonchev–Trinajstić information content (AvgIpc) is 3.39. The van der Waals surface area contributed by atoms with Crippen LogP contribution in [-0.4, -0.2) is 58.5 Å². The highest BCUT2D eigenvalue weighted by molar-refractivity contribution is 6.34. The van der Waals surface area contributed by atoms with Gasteiger partial charge in [0.15, 0.2) is 11.8 Å². The van der Waals surface area contributed by atoms with E-state index in [1.165, 1.54) is 22.6 Å². The predicted octanol–water partition coefficient (Wildman–Crippen LogP) is 8.90. The Hall–Kier alpha value is -4.70. The summed E-state index contributed by atoms with van der Waals surface area (Å²) in [6.45, 7) is 18.3. The van der Waals surface area contributed by atoms with Gasteiger partial charge >= 0.3 is 6.03 Å². The second-order valence-electron chi connectivity index (χ2n) is 16.3. The SMILES string of the molecule is CCC(C)(C)c1ccc(OCCCC(=O)Nc2ccc(Cl)c(NC(=O)[C@@H](C(=O)C(C)(C)C)N3C(=O)CN(Cc4ccccc4)C3=O)c2)c(C(C)(C)CC)c1. The lowest BCUT2D eigenvalue weighted by Crippen LogP contribution is -2.55. The van der Waals surface area contributed by atoms with E-state index in [0.717, 1.165) is 34.6 Å². The highest BCUT2D eigenvalue weighted by Gasteiger charge is 2.49. The molecule has 1 fully saturated rings. The second-order valence-corrected chi connectivity index (χ2v) is 16.7. The fourth-order valence-corrected chi connectivity index (χ4v) is 6.21. The predicted molar refractivity (Wildman–Crippen MR) is 214 cm³/mol. The first-order chi connectivity index (χ1) is 25.3. The van der Waals surface area contributed by atoms with E-state index < -0.39 is 35.1 Å². The number of hydrogen-bond donors (Lipinski definition) is 2. The summed E-state index contributed by atoms with van der Waals surface area (Å²) in [6.07, 6.45) is 2.61. The molecule has 1 aliphatic heterocycles. The molecule has 0 aromatic heterocycles. The fourth-order valence-electron chi connectivity index (χ4n) is 6.05. The number of amides is 5. The van der Waals surface area contributed by atoms with Crippen LogP contribution in [0.25, 0.3) is 0 Å². The highest BCUT2D eigenvalue weighted by Crippen LogP contribution is 2.38. The maximum atomic E-state index is 13.9. The molecule has 5 amide bonds. The van der Waals surface area contributed by atoms with Crippen molar-refractivity contribution in [3.63, 3.8) is 0 Å². The Morgan fingerprint density at radius 2 is 1.52 bits per heavy atom. The summed E-state index contributed by atoms with van der Waals surface area (Å²) in [7, 11) is 0. The summed E-state index contributed by atoms with van der Waals surface area (Å²) < 4.78 is 6.24. The van der Waals surface area contributed by atoms with Crippen LogP contribution >= 0.6 is 11.6 Å². The minimum Gasteiger partial charge on any atom is -0.493 e. The van der Waals surface area contributed by atoms with E-state index >= 15 is 0 Å². The molecule has 1 aliphatic rings. The van der Waals surface area contributed by atoms with Gasteiger partial charge in [-0.25, -0.2) is 9.69 Å². The van der Waals surface area contributed by atoms with Gasteiger partial charge in [-0.1, -0.05) is 116 Å². The quantitative estimate of drug-likeness (QED) is 0.0854. The summed E-state index contributed by atoms with van der Waals surface area (Å²) in [5, 5.41) is 5.62. The summed E-state index contributed by atoms with van der Waals surface area (Å²) in [6, 6.07) is 17.7. The number of hydrogen-bond acceptors (Lipinski definition) is 6. The summed E-state index contributed by atoms with van der Waals surface area (Å²) >= 11 is 6.46. The van der Waals surface area contributed by atoms with Gasteiger partial charge in [0.1, 0.15) is 12.3 Å². The molecule has 11 heteroatoms. The van der Waals surface area contributed by atoms with Crippen LogP contribution in [0.5, 0.6) is 5.75 Å². The van der Waals surface area contributed by atoms with Crippen molar-refractivity contribution in [3.8, 4) is 5.75 Å². The normalized spacial score (nSPS) is 14.3. The van der Waals surface area contributed by atoms with Gasteiger partial charge in [0.05, 0.1) is 17.3 Å². The average molecular weight is 759 g/mol. The largest absolute Gasteiger partial charge is 0.493 e. The molecule has 10 nitrogen and oxygen atoms in total. The van der Waals surface area contributed by atoms with Gasteiger partial charge in [-0.2, -0.15) is 0 Å². The molecule has 290 valence electrons. The number of rotatable bonds is 16. The third kappa shape index (κ3) is 10.1. The number of imide groups is 1. The minimum atomic E-state index is -1.74. The molecule has 0 saturated carbocycles. The van der Waals surface area contributed by atoms with Crippen molar-refractivity contribution in [2.75, 3.05) is 23.8 Å². The van der Waals surface area contributed by atoms with Crippen molar-refractivity contribution in [2.24, 2.45) is 5.41 Å². The molecule has 0 radical (unpaired) electrons. The molecule has 0 bridgehead atoms. The Morgan fingerprint density at radius 3 is 2.15 bits per heavy atom. The third-order valence-electron chi connectivity index (χ3n) is 10.4. The van der Waals surface area contributed by atoms with Gasteiger partial charge in [0.2, 0.25) is 5.91 Å². The Kier molecular flexibility index (Phi) is 13.4. The van der Waals surface area contributed by atoms with Crippen molar-refractivity contribution < 1.29 is 28.7 Å². The van der Waals surface area contributed by atoms with Crippen molar-refractivity contribution in [1.82, 2.24) is 9.80 Å². The fraction of sp³-hybridized carbons (Fsp3) is 0.465. The summed E-state index contributed by atoms with van der Waals surface area (Å²) in [5.74, 6) is -1.61. The number of halogens is 1. The molecule has 0 spiro atoms. The zero-order valence-electron chi connectivity index (χ0n) is 33.1. The van der Waals surface area contributed by atoms with E-state index in [4.69, 9.17) is 16.3 Å². The van der Waals surface area contributed by atoms with Crippen LogP contribution < -0.4 is 15.4 Å². The number of anilines is 2. The number of nitrogens with zero attached hydrogens (tertiary/aromatic N) is 2. The molecular weight excluding hydrogens is 704 g/mol. The van der Waals surface area contributed by atoms with Gasteiger partial charge in [-0.3, -0.25) is 19.2 Å². The molecule has 1 heterocycles. The lowest BCUT2D eigenvalue weighted by molar-refractivity contribution is -0.143. The minimum absolute atomic E-state index is 0.0433. The first kappa shape index (κ1) is 42.0. The van der Waals surface area contributed by atoms with Gasteiger partial charge in [0, 0.05) is 29.6 Å². The molecule has 3 aromatic carbocycles. The number of urea groups is 1. The Balaban J connectivity index is 1.42. The van der Waals surface area contributed by atoms with Crippen LogP contribution in [0.15, 0.2) is 66.7 Å². The molecule has 0 aliphatic carbocycles. The van der Waals surface area contributed by atoms with Crippen molar-refractivity contribution >= 4 is 52.5 Å². The number of carbonyl (C=O) groups excluding carboxylic acids is 5. The topological polar surface area (TPSA) is 125 Å². The van der Waals surface area contributed by atoms with Crippen molar-refractivity contribution in [3.05, 3.63) is 88.4 Å².